The molecule has 17 heavy (non-hydrogen) atoms. The van der Waals surface area contributed by atoms with Crippen LogP contribution in [0.5, 0.6) is 0 Å². The molecule has 0 bridgehead atoms. The molecule has 0 amide bonds. The summed E-state index contributed by atoms with van der Waals surface area (Å²) in [5.74, 6) is 0.481. The maximum absolute atomic E-state index is 6.10. The van der Waals surface area contributed by atoms with E-state index in [1.807, 2.05) is 19.1 Å². The number of hydrogen-bond acceptors (Lipinski definition) is 1. The third-order valence-electron chi connectivity index (χ3n) is 2.83. The number of alkyl halides is 1. The predicted octanol–water partition coefficient (Wildman–Crippen LogP) is 4.78. The van der Waals surface area contributed by atoms with E-state index in [2.05, 4.69) is 18.0 Å². The highest BCUT2D eigenvalue weighted by atomic mass is 35.5. The average Bonchev–Trinajstić information content (AvgIpc) is 2.64. The van der Waals surface area contributed by atoms with E-state index in [1.54, 1.807) is 0 Å². The lowest BCUT2D eigenvalue weighted by molar-refractivity contribution is 1.22. The largest absolute Gasteiger partial charge is 0.256 e. The van der Waals surface area contributed by atoms with Gasteiger partial charge in [0.25, 0.3) is 0 Å². The molecule has 0 saturated carbocycles. The lowest BCUT2D eigenvalue weighted by Gasteiger charge is -2.03. The number of halogens is 3. The zero-order chi connectivity index (χ0) is 11.7. The van der Waals surface area contributed by atoms with Crippen LogP contribution in [-0.4, -0.2) is 11.6 Å². The quantitative estimate of drug-likeness (QED) is 0.695. The molecule has 0 radical (unpaired) electrons. The fourth-order valence-electron chi connectivity index (χ4n) is 1.73. The Hall–Kier alpha value is -0.500. The van der Waals surface area contributed by atoms with E-state index in [1.165, 1.54) is 5.57 Å². The highest BCUT2D eigenvalue weighted by Gasteiger charge is 2.15. The summed E-state index contributed by atoms with van der Waals surface area (Å²) in [5, 5.41) is 0.789. The fourth-order valence-corrected chi connectivity index (χ4v) is 2.20. The highest BCUT2D eigenvalue weighted by Crippen LogP contribution is 2.26. The number of rotatable bonds is 2. The van der Waals surface area contributed by atoms with Gasteiger partial charge in [0.15, 0.2) is 0 Å². The molecule has 4 heteroatoms. The van der Waals surface area contributed by atoms with Gasteiger partial charge in [0.05, 0.1) is 17.3 Å². The minimum absolute atomic E-state index is 0. The number of hydrogen-bond donors (Lipinski definition) is 0. The Morgan fingerprint density at radius 2 is 2.00 bits per heavy atom. The molecule has 1 heterocycles. The van der Waals surface area contributed by atoms with Gasteiger partial charge in [-0.15, -0.1) is 24.0 Å². The average molecular weight is 291 g/mol. The van der Waals surface area contributed by atoms with Gasteiger partial charge >= 0.3 is 0 Å². The summed E-state index contributed by atoms with van der Waals surface area (Å²) in [6, 6.07) is 6.05. The first-order valence-electron chi connectivity index (χ1n) is 5.20. The summed E-state index contributed by atoms with van der Waals surface area (Å²) in [6.45, 7) is 4.07. The molecule has 1 aromatic carbocycles. The van der Waals surface area contributed by atoms with Crippen molar-refractivity contribution < 1.29 is 0 Å². The number of allylic oxidation sites excluding steroid dienone is 2. The Morgan fingerprint density at radius 3 is 2.53 bits per heavy atom. The molecule has 0 saturated heterocycles. The predicted molar refractivity (Wildman–Crippen MR) is 78.0 cm³/mol. The summed E-state index contributed by atoms with van der Waals surface area (Å²) >= 11 is 11.9. The summed E-state index contributed by atoms with van der Waals surface area (Å²) in [6.07, 6.45) is 0.876. The monoisotopic (exact) mass is 289 g/mol. The fraction of sp³-hybridized carbons (Fsp3) is 0.308. The van der Waals surface area contributed by atoms with Crippen LogP contribution in [0, 0.1) is 6.92 Å². The van der Waals surface area contributed by atoms with Gasteiger partial charge in [0.2, 0.25) is 0 Å². The molecular weight excluding hydrogens is 277 g/mol. The molecule has 1 aliphatic rings. The van der Waals surface area contributed by atoms with Crippen molar-refractivity contribution >= 4 is 41.3 Å². The minimum atomic E-state index is 0. The molecule has 0 aromatic heterocycles. The number of aliphatic imine (C=N–C) groups is 1. The van der Waals surface area contributed by atoms with E-state index >= 15 is 0 Å². The first-order chi connectivity index (χ1) is 7.61. The molecule has 92 valence electrons. The first-order valence-corrected chi connectivity index (χ1v) is 6.11. The van der Waals surface area contributed by atoms with Crippen molar-refractivity contribution in [1.29, 1.82) is 0 Å². The molecule has 0 unspecified atom stereocenters. The molecular formula is C13H14Cl3N. The number of aryl methyl sites for hydroxylation is 1. The summed E-state index contributed by atoms with van der Waals surface area (Å²) in [4.78, 5) is 4.53. The summed E-state index contributed by atoms with van der Waals surface area (Å²) < 4.78 is 0. The third-order valence-corrected chi connectivity index (χ3v) is 3.49. The topological polar surface area (TPSA) is 12.4 Å². The van der Waals surface area contributed by atoms with E-state index in [0.717, 1.165) is 34.0 Å². The minimum Gasteiger partial charge on any atom is -0.256 e. The van der Waals surface area contributed by atoms with Gasteiger partial charge in [-0.05, 0) is 36.6 Å². The van der Waals surface area contributed by atoms with Crippen LogP contribution in [0.15, 0.2) is 34.5 Å². The first kappa shape index (κ1) is 14.6. The second-order valence-electron chi connectivity index (χ2n) is 4.06. The van der Waals surface area contributed by atoms with Crippen molar-refractivity contribution in [2.24, 2.45) is 4.99 Å². The van der Waals surface area contributed by atoms with Gasteiger partial charge < -0.3 is 0 Å². The van der Waals surface area contributed by atoms with Crippen LogP contribution in [0.2, 0.25) is 5.02 Å². The Balaban J connectivity index is 0.00000144. The Bertz CT molecular complexity index is 489. The van der Waals surface area contributed by atoms with Crippen LogP contribution in [0.1, 0.15) is 24.5 Å². The lowest BCUT2D eigenvalue weighted by Crippen LogP contribution is -1.97. The van der Waals surface area contributed by atoms with Gasteiger partial charge in [0.1, 0.15) is 0 Å². The zero-order valence-corrected chi connectivity index (χ0v) is 12.1. The van der Waals surface area contributed by atoms with Gasteiger partial charge in [-0.25, -0.2) is 0 Å². The van der Waals surface area contributed by atoms with E-state index in [0.29, 0.717) is 5.88 Å². The molecule has 1 nitrogen and oxygen atoms in total. The molecule has 2 rings (SSSR count). The molecule has 1 aromatic rings. The van der Waals surface area contributed by atoms with Crippen LogP contribution in [0.4, 0.5) is 0 Å². The van der Waals surface area contributed by atoms with E-state index in [-0.39, 0.29) is 12.4 Å². The SMILES string of the molecule is CC1=C(CCl)N=C(c2ccc(C)c(Cl)c2)C1.Cl. The normalized spacial score (nSPS) is 14.7. The smallest absolute Gasteiger partial charge is 0.0647 e. The van der Waals surface area contributed by atoms with Crippen molar-refractivity contribution in [2.45, 2.75) is 20.3 Å². The van der Waals surface area contributed by atoms with Crippen molar-refractivity contribution in [3.05, 3.63) is 45.6 Å². The van der Waals surface area contributed by atoms with Gasteiger partial charge in [-0.2, -0.15) is 0 Å². The van der Waals surface area contributed by atoms with Crippen LogP contribution in [0.3, 0.4) is 0 Å². The summed E-state index contributed by atoms with van der Waals surface area (Å²) in [5.41, 5.74) is 5.49. The van der Waals surface area contributed by atoms with Crippen molar-refractivity contribution in [1.82, 2.24) is 0 Å². The molecule has 0 N–H and O–H groups in total. The molecule has 0 atom stereocenters. The Kier molecular flexibility index (Phi) is 5.05. The van der Waals surface area contributed by atoms with Crippen LogP contribution < -0.4 is 0 Å². The Morgan fingerprint density at radius 1 is 1.29 bits per heavy atom. The van der Waals surface area contributed by atoms with Crippen molar-refractivity contribution in [3.8, 4) is 0 Å². The van der Waals surface area contributed by atoms with Crippen molar-refractivity contribution in [2.75, 3.05) is 5.88 Å². The Labute approximate surface area is 118 Å². The third kappa shape index (κ3) is 3.04. The molecule has 0 fully saturated rings. The lowest BCUT2D eigenvalue weighted by atomic mass is 10.0. The van der Waals surface area contributed by atoms with E-state index in [4.69, 9.17) is 23.2 Å². The molecule has 0 spiro atoms. The standard InChI is InChI=1S/C13H13Cl2N.ClH/c1-8-3-4-10(6-11(8)15)12-5-9(2)13(7-14)16-12;/h3-4,6H,5,7H2,1-2H3;1H. The highest BCUT2D eigenvalue weighted by molar-refractivity contribution is 6.31. The van der Waals surface area contributed by atoms with Gasteiger partial charge in [0, 0.05) is 11.4 Å². The van der Waals surface area contributed by atoms with E-state index in [9.17, 15) is 0 Å². The van der Waals surface area contributed by atoms with Gasteiger partial charge in [-0.3, -0.25) is 4.99 Å². The number of nitrogens with zero attached hydrogens (tertiary/aromatic N) is 1. The van der Waals surface area contributed by atoms with Crippen LogP contribution in [0.25, 0.3) is 0 Å². The maximum atomic E-state index is 6.10. The van der Waals surface area contributed by atoms with E-state index < -0.39 is 0 Å². The maximum Gasteiger partial charge on any atom is 0.0647 e. The summed E-state index contributed by atoms with van der Waals surface area (Å²) in [7, 11) is 0. The second-order valence-corrected chi connectivity index (χ2v) is 4.73. The van der Waals surface area contributed by atoms with Crippen LogP contribution >= 0.6 is 35.6 Å². The molecule has 1 aliphatic heterocycles. The number of benzene rings is 1. The van der Waals surface area contributed by atoms with Gasteiger partial charge in [-0.1, -0.05) is 23.7 Å². The zero-order valence-electron chi connectivity index (χ0n) is 9.76. The van der Waals surface area contributed by atoms with Crippen LogP contribution in [-0.2, 0) is 0 Å². The molecule has 0 aliphatic carbocycles. The van der Waals surface area contributed by atoms with Crippen molar-refractivity contribution in [3.63, 3.8) is 0 Å². The second kappa shape index (κ2) is 5.90.